The quantitative estimate of drug-likeness (QED) is 0.790. The maximum absolute atomic E-state index is 12.7. The highest BCUT2D eigenvalue weighted by Gasteiger charge is 2.41. The first-order chi connectivity index (χ1) is 9.90. The first-order valence-corrected chi connectivity index (χ1v) is 7.21. The van der Waals surface area contributed by atoms with Crippen molar-refractivity contribution in [3.05, 3.63) is 29.1 Å². The molecule has 2 fully saturated rings. The van der Waals surface area contributed by atoms with Crippen LogP contribution in [0.25, 0.3) is 0 Å². The van der Waals surface area contributed by atoms with Crippen molar-refractivity contribution in [2.75, 3.05) is 13.2 Å². The van der Waals surface area contributed by atoms with Crippen molar-refractivity contribution in [1.29, 1.82) is 0 Å². The summed E-state index contributed by atoms with van der Waals surface area (Å²) in [6.45, 7) is 2.95. The fourth-order valence-corrected chi connectivity index (χ4v) is 3.28. The Morgan fingerprint density at radius 3 is 2.33 bits per heavy atom. The molecule has 0 atom stereocenters. The van der Waals surface area contributed by atoms with Gasteiger partial charge in [0.1, 0.15) is 0 Å². The van der Waals surface area contributed by atoms with Gasteiger partial charge >= 0.3 is 6.18 Å². The minimum absolute atomic E-state index is 0.186. The van der Waals surface area contributed by atoms with E-state index in [-0.39, 0.29) is 5.92 Å². The average molecular weight is 301 g/mol. The van der Waals surface area contributed by atoms with Gasteiger partial charge in [0.25, 0.3) is 0 Å². The molecule has 0 aromatic carbocycles. The van der Waals surface area contributed by atoms with Crippen LogP contribution in [0.3, 0.4) is 0 Å². The number of alkyl halides is 3. The number of nitrogens with zero attached hydrogens (tertiary/aromatic N) is 1. The van der Waals surface area contributed by atoms with E-state index < -0.39 is 17.5 Å². The predicted octanol–water partition coefficient (Wildman–Crippen LogP) is 3.81. The van der Waals surface area contributed by atoms with Crippen molar-refractivity contribution >= 4 is 0 Å². The van der Waals surface area contributed by atoms with Gasteiger partial charge < -0.3 is 9.47 Å². The van der Waals surface area contributed by atoms with Gasteiger partial charge in [0.15, 0.2) is 5.79 Å². The molecule has 3 rings (SSSR count). The molecule has 1 saturated carbocycles. The number of halogens is 3. The second-order valence-corrected chi connectivity index (χ2v) is 5.81. The van der Waals surface area contributed by atoms with Crippen LogP contribution in [0.2, 0.25) is 0 Å². The normalized spacial score (nSPS) is 22.9. The molecule has 6 heteroatoms. The fourth-order valence-electron chi connectivity index (χ4n) is 3.28. The van der Waals surface area contributed by atoms with Crippen molar-refractivity contribution in [2.24, 2.45) is 0 Å². The molecule has 0 unspecified atom stereocenters. The van der Waals surface area contributed by atoms with Crippen LogP contribution in [0.15, 0.2) is 12.3 Å². The molecule has 1 saturated heterocycles. The molecular formula is C15H18F3NO2. The molecule has 1 spiro atoms. The SMILES string of the molecule is Cc1cc(C(F)(F)F)cnc1C1CCC2(CC1)OCCO2. The van der Waals surface area contributed by atoms with E-state index in [2.05, 4.69) is 4.98 Å². The molecule has 0 N–H and O–H groups in total. The molecule has 2 aliphatic rings. The molecule has 21 heavy (non-hydrogen) atoms. The van der Waals surface area contributed by atoms with E-state index in [0.29, 0.717) is 18.8 Å². The van der Waals surface area contributed by atoms with Crippen LogP contribution in [-0.2, 0) is 15.7 Å². The lowest BCUT2D eigenvalue weighted by Gasteiger charge is -2.35. The Morgan fingerprint density at radius 2 is 1.81 bits per heavy atom. The standard InChI is InChI=1S/C15H18F3NO2/c1-10-8-12(15(16,17)18)9-19-13(10)11-2-4-14(5-3-11)20-6-7-21-14/h8-9,11H,2-7H2,1H3. The Balaban J connectivity index is 1.73. The number of aromatic nitrogens is 1. The summed E-state index contributed by atoms with van der Waals surface area (Å²) in [6, 6.07) is 1.19. The van der Waals surface area contributed by atoms with Gasteiger partial charge in [0.05, 0.1) is 18.8 Å². The van der Waals surface area contributed by atoms with Crippen LogP contribution in [-0.4, -0.2) is 24.0 Å². The van der Waals surface area contributed by atoms with Crippen LogP contribution in [0.1, 0.15) is 48.4 Å². The Morgan fingerprint density at radius 1 is 1.19 bits per heavy atom. The Hall–Kier alpha value is -1.14. The third kappa shape index (κ3) is 2.92. The van der Waals surface area contributed by atoms with E-state index in [1.807, 2.05) is 0 Å². The van der Waals surface area contributed by atoms with Gasteiger partial charge in [-0.15, -0.1) is 0 Å². The molecule has 2 heterocycles. The number of rotatable bonds is 1. The molecular weight excluding hydrogens is 283 g/mol. The van der Waals surface area contributed by atoms with Crippen molar-refractivity contribution in [1.82, 2.24) is 4.98 Å². The number of hydrogen-bond acceptors (Lipinski definition) is 3. The maximum Gasteiger partial charge on any atom is 0.417 e. The van der Waals surface area contributed by atoms with Gasteiger partial charge in [-0.2, -0.15) is 13.2 Å². The second kappa shape index (κ2) is 5.25. The topological polar surface area (TPSA) is 31.4 Å². The molecule has 0 bridgehead atoms. The highest BCUT2D eigenvalue weighted by molar-refractivity contribution is 5.28. The summed E-state index contributed by atoms with van der Waals surface area (Å²) in [7, 11) is 0. The molecule has 3 nitrogen and oxygen atoms in total. The highest BCUT2D eigenvalue weighted by atomic mass is 19.4. The Labute approximate surface area is 121 Å². The molecule has 1 aromatic rings. The van der Waals surface area contributed by atoms with Crippen LogP contribution < -0.4 is 0 Å². The fraction of sp³-hybridized carbons (Fsp3) is 0.667. The summed E-state index contributed by atoms with van der Waals surface area (Å²) in [4.78, 5) is 4.08. The number of pyridine rings is 1. The van der Waals surface area contributed by atoms with Crippen molar-refractivity contribution in [2.45, 2.75) is 50.5 Å². The van der Waals surface area contributed by atoms with E-state index in [1.54, 1.807) is 6.92 Å². The monoisotopic (exact) mass is 301 g/mol. The molecule has 1 aliphatic carbocycles. The zero-order valence-electron chi connectivity index (χ0n) is 11.9. The maximum atomic E-state index is 12.7. The summed E-state index contributed by atoms with van der Waals surface area (Å²) in [5.74, 6) is -0.262. The zero-order chi connectivity index (χ0) is 15.1. The van der Waals surface area contributed by atoms with Gasteiger partial charge in [0.2, 0.25) is 0 Å². The van der Waals surface area contributed by atoms with Gasteiger partial charge in [-0.25, -0.2) is 0 Å². The first kappa shape index (κ1) is 14.8. The van der Waals surface area contributed by atoms with E-state index >= 15 is 0 Å². The molecule has 1 aliphatic heterocycles. The Bertz CT molecular complexity index is 514. The smallest absolute Gasteiger partial charge is 0.348 e. The minimum atomic E-state index is -4.33. The van der Waals surface area contributed by atoms with Gasteiger partial charge in [0, 0.05) is 30.7 Å². The summed E-state index contributed by atoms with van der Waals surface area (Å²) >= 11 is 0. The largest absolute Gasteiger partial charge is 0.417 e. The predicted molar refractivity (Wildman–Crippen MR) is 69.8 cm³/mol. The third-order valence-electron chi connectivity index (χ3n) is 4.39. The highest BCUT2D eigenvalue weighted by Crippen LogP contribution is 2.43. The molecule has 0 radical (unpaired) electrons. The van der Waals surface area contributed by atoms with E-state index in [9.17, 15) is 13.2 Å². The van der Waals surface area contributed by atoms with Crippen molar-refractivity contribution in [3.63, 3.8) is 0 Å². The van der Waals surface area contributed by atoms with Crippen molar-refractivity contribution < 1.29 is 22.6 Å². The van der Waals surface area contributed by atoms with E-state index in [1.165, 1.54) is 6.07 Å². The van der Waals surface area contributed by atoms with E-state index in [4.69, 9.17) is 9.47 Å². The number of aryl methyl sites for hydroxylation is 1. The summed E-state index contributed by atoms with van der Waals surface area (Å²) in [6.07, 6.45) is -0.175. The molecule has 0 amide bonds. The minimum Gasteiger partial charge on any atom is -0.348 e. The van der Waals surface area contributed by atoms with Crippen LogP contribution in [0.4, 0.5) is 13.2 Å². The van der Waals surface area contributed by atoms with E-state index in [0.717, 1.165) is 37.6 Å². The van der Waals surface area contributed by atoms with Gasteiger partial charge in [-0.3, -0.25) is 4.98 Å². The lowest BCUT2D eigenvalue weighted by Crippen LogP contribution is -2.34. The zero-order valence-corrected chi connectivity index (χ0v) is 11.9. The van der Waals surface area contributed by atoms with Crippen molar-refractivity contribution in [3.8, 4) is 0 Å². The number of hydrogen-bond donors (Lipinski definition) is 0. The average Bonchev–Trinajstić information content (AvgIpc) is 2.87. The lowest BCUT2D eigenvalue weighted by molar-refractivity contribution is -0.178. The first-order valence-electron chi connectivity index (χ1n) is 7.21. The molecule has 116 valence electrons. The lowest BCUT2D eigenvalue weighted by atomic mass is 9.81. The number of ether oxygens (including phenoxy) is 2. The van der Waals surface area contributed by atoms with Gasteiger partial charge in [-0.05, 0) is 31.4 Å². The van der Waals surface area contributed by atoms with Crippen LogP contribution >= 0.6 is 0 Å². The van der Waals surface area contributed by atoms with Gasteiger partial charge in [-0.1, -0.05) is 0 Å². The van der Waals surface area contributed by atoms with Crippen LogP contribution in [0, 0.1) is 6.92 Å². The second-order valence-electron chi connectivity index (χ2n) is 5.81. The summed E-state index contributed by atoms with van der Waals surface area (Å²) < 4.78 is 49.3. The summed E-state index contributed by atoms with van der Waals surface area (Å²) in [5.41, 5.74) is 0.702. The van der Waals surface area contributed by atoms with Crippen LogP contribution in [0.5, 0.6) is 0 Å². The summed E-state index contributed by atoms with van der Waals surface area (Å²) in [5, 5.41) is 0. The Kier molecular flexibility index (Phi) is 3.69. The third-order valence-corrected chi connectivity index (χ3v) is 4.39. The molecule has 1 aromatic heterocycles.